The van der Waals surface area contributed by atoms with Crippen LogP contribution in [0.3, 0.4) is 0 Å². The van der Waals surface area contributed by atoms with Crippen molar-refractivity contribution in [2.75, 3.05) is 13.1 Å². The van der Waals surface area contributed by atoms with Gasteiger partial charge in [-0.3, -0.25) is 4.79 Å². The van der Waals surface area contributed by atoms with E-state index in [1.165, 1.54) is 11.1 Å². The minimum atomic E-state index is 0.222. The molecule has 1 saturated carbocycles. The van der Waals surface area contributed by atoms with Gasteiger partial charge in [-0.05, 0) is 32.3 Å². The molecule has 0 bridgehead atoms. The van der Waals surface area contributed by atoms with E-state index >= 15 is 0 Å². The molecule has 1 aromatic carbocycles. The quantitative estimate of drug-likeness (QED) is 0.755. The van der Waals surface area contributed by atoms with Crippen LogP contribution in [0.4, 0.5) is 0 Å². The Balaban J connectivity index is 1.68. The molecule has 1 atom stereocenters. The van der Waals surface area contributed by atoms with E-state index in [2.05, 4.69) is 48.7 Å². The van der Waals surface area contributed by atoms with E-state index in [0.717, 1.165) is 19.4 Å². The normalized spacial score (nSPS) is 16.3. The highest BCUT2D eigenvalue weighted by molar-refractivity contribution is 5.80. The van der Waals surface area contributed by atoms with E-state index in [1.54, 1.807) is 0 Å². The average Bonchev–Trinajstić information content (AvgIpc) is 3.18. The Morgan fingerprint density at radius 3 is 2.83 bits per heavy atom. The standard InChI is InChI=1S/C15H22N2O/c1-11-4-3-5-14(10-11)12(2)16-8-9-17-15(18)13-6-7-13/h3-5,10,12-13,16H,6-9H2,1-2H3,(H,17,18). The third-order valence-electron chi connectivity index (χ3n) is 3.37. The molecule has 1 aliphatic rings. The topological polar surface area (TPSA) is 41.1 Å². The van der Waals surface area contributed by atoms with Crippen molar-refractivity contribution >= 4 is 5.91 Å². The molecule has 1 fully saturated rings. The summed E-state index contributed by atoms with van der Waals surface area (Å²) in [5.74, 6) is 0.527. The van der Waals surface area contributed by atoms with Crippen molar-refractivity contribution in [1.82, 2.24) is 10.6 Å². The summed E-state index contributed by atoms with van der Waals surface area (Å²) >= 11 is 0. The molecule has 0 heterocycles. The number of benzene rings is 1. The third-order valence-corrected chi connectivity index (χ3v) is 3.37. The molecule has 1 aliphatic carbocycles. The fourth-order valence-corrected chi connectivity index (χ4v) is 2.02. The molecule has 1 aromatic rings. The first-order valence-electron chi connectivity index (χ1n) is 6.74. The molecule has 98 valence electrons. The summed E-state index contributed by atoms with van der Waals surface area (Å²) in [4.78, 5) is 11.4. The lowest BCUT2D eigenvalue weighted by Crippen LogP contribution is -2.33. The van der Waals surface area contributed by atoms with Crippen LogP contribution < -0.4 is 10.6 Å². The molecular weight excluding hydrogens is 224 g/mol. The lowest BCUT2D eigenvalue weighted by Gasteiger charge is -2.15. The summed E-state index contributed by atoms with van der Waals surface area (Å²) in [5, 5.41) is 6.39. The van der Waals surface area contributed by atoms with E-state index in [1.807, 2.05) is 0 Å². The van der Waals surface area contributed by atoms with Crippen LogP contribution in [-0.4, -0.2) is 19.0 Å². The summed E-state index contributed by atoms with van der Waals surface area (Å²) in [7, 11) is 0. The Kier molecular flexibility index (Phi) is 4.37. The van der Waals surface area contributed by atoms with Gasteiger partial charge in [-0.15, -0.1) is 0 Å². The van der Waals surface area contributed by atoms with Gasteiger partial charge in [-0.2, -0.15) is 0 Å². The molecular formula is C15H22N2O. The molecule has 0 aromatic heterocycles. The molecule has 3 heteroatoms. The predicted molar refractivity (Wildman–Crippen MR) is 73.3 cm³/mol. The van der Waals surface area contributed by atoms with Gasteiger partial charge in [0, 0.05) is 25.0 Å². The monoisotopic (exact) mass is 246 g/mol. The maximum absolute atomic E-state index is 11.4. The van der Waals surface area contributed by atoms with Crippen LogP contribution in [0.25, 0.3) is 0 Å². The summed E-state index contributed by atoms with van der Waals surface area (Å²) in [6.07, 6.45) is 2.14. The summed E-state index contributed by atoms with van der Waals surface area (Å²) in [5.41, 5.74) is 2.58. The zero-order valence-corrected chi connectivity index (χ0v) is 11.2. The van der Waals surface area contributed by atoms with Crippen LogP contribution in [-0.2, 0) is 4.79 Å². The first kappa shape index (κ1) is 13.1. The molecule has 18 heavy (non-hydrogen) atoms. The molecule has 2 rings (SSSR count). The maximum atomic E-state index is 11.4. The average molecular weight is 246 g/mol. The van der Waals surface area contributed by atoms with Crippen molar-refractivity contribution < 1.29 is 4.79 Å². The van der Waals surface area contributed by atoms with Gasteiger partial charge in [0.25, 0.3) is 0 Å². The lowest BCUT2D eigenvalue weighted by atomic mass is 10.1. The van der Waals surface area contributed by atoms with Gasteiger partial charge in [0.1, 0.15) is 0 Å². The first-order chi connectivity index (χ1) is 8.66. The number of rotatable bonds is 6. The highest BCUT2D eigenvalue weighted by Crippen LogP contribution is 2.28. The second-order valence-corrected chi connectivity index (χ2v) is 5.16. The van der Waals surface area contributed by atoms with Gasteiger partial charge in [-0.25, -0.2) is 0 Å². The molecule has 0 radical (unpaired) electrons. The van der Waals surface area contributed by atoms with Gasteiger partial charge in [-0.1, -0.05) is 29.8 Å². The number of carbonyl (C=O) groups is 1. The number of amides is 1. The van der Waals surface area contributed by atoms with Crippen LogP contribution in [0.5, 0.6) is 0 Å². The number of hydrogen-bond acceptors (Lipinski definition) is 2. The second kappa shape index (κ2) is 6.01. The Bertz CT molecular complexity index is 413. The van der Waals surface area contributed by atoms with Crippen LogP contribution >= 0.6 is 0 Å². The van der Waals surface area contributed by atoms with Crippen molar-refractivity contribution in [1.29, 1.82) is 0 Å². The molecule has 0 spiro atoms. The summed E-state index contributed by atoms with van der Waals surface area (Å²) in [6, 6.07) is 8.83. The molecule has 1 amide bonds. The van der Waals surface area contributed by atoms with E-state index in [4.69, 9.17) is 0 Å². The third kappa shape index (κ3) is 3.84. The Morgan fingerprint density at radius 1 is 1.39 bits per heavy atom. The fourth-order valence-electron chi connectivity index (χ4n) is 2.02. The minimum absolute atomic E-state index is 0.222. The molecule has 1 unspecified atom stereocenters. The smallest absolute Gasteiger partial charge is 0.223 e. The Hall–Kier alpha value is -1.35. The highest BCUT2D eigenvalue weighted by Gasteiger charge is 2.28. The van der Waals surface area contributed by atoms with Gasteiger partial charge in [0.05, 0.1) is 0 Å². The number of carbonyl (C=O) groups excluding carboxylic acids is 1. The Morgan fingerprint density at radius 2 is 2.17 bits per heavy atom. The van der Waals surface area contributed by atoms with E-state index in [-0.39, 0.29) is 5.91 Å². The van der Waals surface area contributed by atoms with E-state index in [9.17, 15) is 4.79 Å². The number of nitrogens with one attached hydrogen (secondary N) is 2. The minimum Gasteiger partial charge on any atom is -0.355 e. The predicted octanol–water partition coefficient (Wildman–Crippen LogP) is 2.17. The van der Waals surface area contributed by atoms with Crippen LogP contribution in [0, 0.1) is 12.8 Å². The first-order valence-corrected chi connectivity index (χ1v) is 6.74. The summed E-state index contributed by atoms with van der Waals surface area (Å²) < 4.78 is 0. The van der Waals surface area contributed by atoms with Gasteiger partial charge in [0.15, 0.2) is 0 Å². The lowest BCUT2D eigenvalue weighted by molar-refractivity contribution is -0.122. The maximum Gasteiger partial charge on any atom is 0.223 e. The highest BCUT2D eigenvalue weighted by atomic mass is 16.2. The molecule has 2 N–H and O–H groups in total. The fraction of sp³-hybridized carbons (Fsp3) is 0.533. The number of aryl methyl sites for hydroxylation is 1. The number of hydrogen-bond donors (Lipinski definition) is 2. The van der Waals surface area contributed by atoms with Gasteiger partial charge in [0.2, 0.25) is 5.91 Å². The van der Waals surface area contributed by atoms with Gasteiger partial charge < -0.3 is 10.6 Å². The SMILES string of the molecule is Cc1cccc(C(C)NCCNC(=O)C2CC2)c1. The van der Waals surface area contributed by atoms with Crippen molar-refractivity contribution in [3.63, 3.8) is 0 Å². The van der Waals surface area contributed by atoms with E-state index in [0.29, 0.717) is 18.5 Å². The van der Waals surface area contributed by atoms with Crippen molar-refractivity contribution in [2.24, 2.45) is 5.92 Å². The van der Waals surface area contributed by atoms with Gasteiger partial charge >= 0.3 is 0 Å². The van der Waals surface area contributed by atoms with Crippen LogP contribution in [0.2, 0.25) is 0 Å². The second-order valence-electron chi connectivity index (χ2n) is 5.16. The molecule has 0 saturated heterocycles. The largest absolute Gasteiger partial charge is 0.355 e. The Labute approximate surface area is 109 Å². The van der Waals surface area contributed by atoms with Crippen molar-refractivity contribution in [3.8, 4) is 0 Å². The van der Waals surface area contributed by atoms with Crippen LogP contribution in [0.1, 0.15) is 36.9 Å². The van der Waals surface area contributed by atoms with Crippen molar-refractivity contribution in [3.05, 3.63) is 35.4 Å². The van der Waals surface area contributed by atoms with E-state index < -0.39 is 0 Å². The zero-order valence-electron chi connectivity index (χ0n) is 11.2. The van der Waals surface area contributed by atoms with Crippen LogP contribution in [0.15, 0.2) is 24.3 Å². The van der Waals surface area contributed by atoms with Crippen molar-refractivity contribution in [2.45, 2.75) is 32.7 Å². The molecule has 3 nitrogen and oxygen atoms in total. The zero-order chi connectivity index (χ0) is 13.0. The molecule has 0 aliphatic heterocycles. The summed E-state index contributed by atoms with van der Waals surface area (Å²) in [6.45, 7) is 5.78.